The van der Waals surface area contributed by atoms with Gasteiger partial charge in [0, 0.05) is 25.2 Å². The Morgan fingerprint density at radius 3 is 2.50 bits per heavy atom. The Morgan fingerprint density at radius 1 is 1.15 bits per heavy atom. The van der Waals surface area contributed by atoms with E-state index in [4.69, 9.17) is 4.74 Å². The lowest BCUT2D eigenvalue weighted by molar-refractivity contribution is 0.136. The second kappa shape index (κ2) is 5.43. The molecule has 20 heavy (non-hydrogen) atoms. The van der Waals surface area contributed by atoms with E-state index in [0.29, 0.717) is 12.1 Å². The van der Waals surface area contributed by atoms with Crippen molar-refractivity contribution in [1.82, 2.24) is 10.2 Å². The maximum absolute atomic E-state index is 5.28. The van der Waals surface area contributed by atoms with Gasteiger partial charge in [-0.2, -0.15) is 0 Å². The number of ether oxygens (including phenoxy) is 1. The third kappa shape index (κ3) is 2.39. The molecule has 2 aromatic rings. The normalized spacial score (nSPS) is 17.2. The fourth-order valence-corrected chi connectivity index (χ4v) is 2.74. The minimum atomic E-state index is 0.439. The number of methoxy groups -OCH3 is 1. The van der Waals surface area contributed by atoms with Crippen LogP contribution in [-0.2, 0) is 0 Å². The predicted octanol–water partition coefficient (Wildman–Crippen LogP) is 2.81. The molecule has 3 rings (SSSR count). The van der Waals surface area contributed by atoms with Crippen LogP contribution in [-0.4, -0.2) is 38.2 Å². The van der Waals surface area contributed by atoms with Crippen LogP contribution in [0.3, 0.4) is 0 Å². The number of hydrogen-bond acceptors (Lipinski definition) is 3. The van der Waals surface area contributed by atoms with Gasteiger partial charge in [-0.25, -0.2) is 0 Å². The molecule has 0 bridgehead atoms. The topological polar surface area (TPSA) is 24.5 Å². The van der Waals surface area contributed by atoms with Gasteiger partial charge in [-0.05, 0) is 48.5 Å². The molecule has 0 aromatic heterocycles. The quantitative estimate of drug-likeness (QED) is 0.924. The summed E-state index contributed by atoms with van der Waals surface area (Å²) in [6.07, 6.45) is 0. The first kappa shape index (κ1) is 13.4. The summed E-state index contributed by atoms with van der Waals surface area (Å²) in [5, 5.41) is 5.84. The van der Waals surface area contributed by atoms with E-state index >= 15 is 0 Å². The summed E-state index contributed by atoms with van der Waals surface area (Å²) in [5.74, 6) is 0.913. The highest BCUT2D eigenvalue weighted by Gasteiger charge is 2.25. The van der Waals surface area contributed by atoms with Crippen LogP contribution in [0.2, 0.25) is 0 Å². The summed E-state index contributed by atoms with van der Waals surface area (Å²) in [7, 11) is 3.92. The lowest BCUT2D eigenvalue weighted by Gasteiger charge is -2.39. The molecule has 0 aliphatic carbocycles. The van der Waals surface area contributed by atoms with Gasteiger partial charge in [0.15, 0.2) is 0 Å². The summed E-state index contributed by atoms with van der Waals surface area (Å²) in [5.41, 5.74) is 1.37. The van der Waals surface area contributed by atoms with Crippen LogP contribution < -0.4 is 10.1 Å². The molecule has 1 unspecified atom stereocenters. The van der Waals surface area contributed by atoms with Crippen LogP contribution in [0, 0.1) is 0 Å². The molecule has 1 fully saturated rings. The van der Waals surface area contributed by atoms with Crippen molar-refractivity contribution in [3.8, 4) is 5.75 Å². The van der Waals surface area contributed by atoms with Crippen molar-refractivity contribution in [2.24, 2.45) is 0 Å². The van der Waals surface area contributed by atoms with Gasteiger partial charge >= 0.3 is 0 Å². The van der Waals surface area contributed by atoms with E-state index in [2.05, 4.69) is 54.5 Å². The molecule has 1 N–H and O–H groups in total. The maximum atomic E-state index is 5.28. The molecular formula is C17H22N2O. The number of nitrogens with zero attached hydrogens (tertiary/aromatic N) is 1. The molecule has 106 valence electrons. The zero-order valence-corrected chi connectivity index (χ0v) is 12.4. The molecule has 0 amide bonds. The molecule has 1 aliphatic heterocycles. The van der Waals surface area contributed by atoms with E-state index in [1.54, 1.807) is 7.11 Å². The molecule has 3 nitrogen and oxygen atoms in total. The minimum Gasteiger partial charge on any atom is -0.497 e. The maximum Gasteiger partial charge on any atom is 0.119 e. The fourth-order valence-electron chi connectivity index (χ4n) is 2.74. The number of likely N-dealkylation sites (N-methyl/N-ethyl adjacent to an activating group) is 1. The van der Waals surface area contributed by atoms with E-state index in [9.17, 15) is 0 Å². The Hall–Kier alpha value is -1.58. The Balaban J connectivity index is 1.88. The van der Waals surface area contributed by atoms with Crippen LogP contribution in [0.5, 0.6) is 5.75 Å². The number of benzene rings is 2. The second-order valence-electron chi connectivity index (χ2n) is 5.63. The third-order valence-corrected chi connectivity index (χ3v) is 4.50. The van der Waals surface area contributed by atoms with Gasteiger partial charge in [0.05, 0.1) is 7.11 Å². The zero-order chi connectivity index (χ0) is 14.1. The fraction of sp³-hybridized carbons (Fsp3) is 0.412. The molecule has 0 radical (unpaired) electrons. The van der Waals surface area contributed by atoms with Crippen molar-refractivity contribution in [3.63, 3.8) is 0 Å². The molecule has 0 saturated carbocycles. The Kier molecular flexibility index (Phi) is 3.64. The third-order valence-electron chi connectivity index (χ3n) is 4.50. The standard InChI is InChI=1S/C17H22N2O/c1-12(19(2)16-10-18-11-16)13-4-5-15-9-17(20-3)7-6-14(15)8-13/h4-9,12,16,18H,10-11H2,1-3H3. The lowest BCUT2D eigenvalue weighted by atomic mass is 10.00. The van der Waals surface area contributed by atoms with Gasteiger partial charge in [-0.1, -0.05) is 18.2 Å². The summed E-state index contributed by atoms with van der Waals surface area (Å²) in [6.45, 7) is 4.49. The summed E-state index contributed by atoms with van der Waals surface area (Å²) >= 11 is 0. The van der Waals surface area contributed by atoms with Crippen molar-refractivity contribution >= 4 is 10.8 Å². The van der Waals surface area contributed by atoms with E-state index in [0.717, 1.165) is 18.8 Å². The number of rotatable bonds is 4. The monoisotopic (exact) mass is 270 g/mol. The first-order chi connectivity index (χ1) is 9.69. The van der Waals surface area contributed by atoms with Crippen LogP contribution in [0.15, 0.2) is 36.4 Å². The van der Waals surface area contributed by atoms with Gasteiger partial charge in [-0.15, -0.1) is 0 Å². The average molecular weight is 270 g/mol. The van der Waals surface area contributed by atoms with Crippen molar-refractivity contribution in [2.75, 3.05) is 27.2 Å². The Bertz CT molecular complexity index is 607. The predicted molar refractivity (Wildman–Crippen MR) is 83.3 cm³/mol. The Morgan fingerprint density at radius 2 is 1.85 bits per heavy atom. The largest absolute Gasteiger partial charge is 0.497 e. The highest BCUT2D eigenvalue weighted by molar-refractivity contribution is 5.84. The highest BCUT2D eigenvalue weighted by atomic mass is 16.5. The molecule has 2 aromatic carbocycles. The smallest absolute Gasteiger partial charge is 0.119 e. The number of hydrogen-bond donors (Lipinski definition) is 1. The first-order valence-corrected chi connectivity index (χ1v) is 7.19. The molecule has 1 aliphatic rings. The highest BCUT2D eigenvalue weighted by Crippen LogP contribution is 2.27. The van der Waals surface area contributed by atoms with Gasteiger partial charge < -0.3 is 10.1 Å². The van der Waals surface area contributed by atoms with Crippen molar-refractivity contribution in [1.29, 1.82) is 0 Å². The lowest BCUT2D eigenvalue weighted by Crippen LogP contribution is -2.56. The number of fused-ring (bicyclic) bond motifs is 1. The van der Waals surface area contributed by atoms with Gasteiger partial charge in [0.2, 0.25) is 0 Å². The summed E-state index contributed by atoms with van der Waals surface area (Å²) < 4.78 is 5.28. The van der Waals surface area contributed by atoms with E-state index < -0.39 is 0 Å². The number of nitrogens with one attached hydrogen (secondary N) is 1. The molecule has 0 spiro atoms. The van der Waals surface area contributed by atoms with Crippen LogP contribution >= 0.6 is 0 Å². The van der Waals surface area contributed by atoms with E-state index in [-0.39, 0.29) is 0 Å². The molecule has 1 atom stereocenters. The zero-order valence-electron chi connectivity index (χ0n) is 12.4. The Labute approximate surface area is 120 Å². The molecule has 1 heterocycles. The molecule has 3 heteroatoms. The SMILES string of the molecule is COc1ccc2cc(C(C)N(C)C3CNC3)ccc2c1. The molecular weight excluding hydrogens is 248 g/mol. The van der Waals surface area contributed by atoms with Crippen molar-refractivity contribution < 1.29 is 4.74 Å². The van der Waals surface area contributed by atoms with Crippen LogP contribution in [0.4, 0.5) is 0 Å². The van der Waals surface area contributed by atoms with Gasteiger partial charge in [0.1, 0.15) is 5.75 Å². The summed E-state index contributed by atoms with van der Waals surface area (Å²) in [6, 6.07) is 14.1. The second-order valence-corrected chi connectivity index (χ2v) is 5.63. The van der Waals surface area contributed by atoms with Crippen LogP contribution in [0.1, 0.15) is 18.5 Å². The van der Waals surface area contributed by atoms with E-state index in [1.807, 2.05) is 6.07 Å². The van der Waals surface area contributed by atoms with Crippen molar-refractivity contribution in [3.05, 3.63) is 42.0 Å². The van der Waals surface area contributed by atoms with Gasteiger partial charge in [0.25, 0.3) is 0 Å². The first-order valence-electron chi connectivity index (χ1n) is 7.19. The molecule has 1 saturated heterocycles. The van der Waals surface area contributed by atoms with Gasteiger partial charge in [-0.3, -0.25) is 4.90 Å². The van der Waals surface area contributed by atoms with E-state index in [1.165, 1.54) is 16.3 Å². The summed E-state index contributed by atoms with van der Waals surface area (Å²) in [4.78, 5) is 2.46. The minimum absolute atomic E-state index is 0.439. The average Bonchev–Trinajstić information content (AvgIpc) is 2.43. The van der Waals surface area contributed by atoms with Crippen LogP contribution in [0.25, 0.3) is 10.8 Å². The van der Waals surface area contributed by atoms with Crippen molar-refractivity contribution in [2.45, 2.75) is 19.0 Å².